The van der Waals surface area contributed by atoms with Crippen molar-refractivity contribution in [3.63, 3.8) is 0 Å². The van der Waals surface area contributed by atoms with E-state index in [9.17, 15) is 4.79 Å². The first kappa shape index (κ1) is 17.6. The van der Waals surface area contributed by atoms with Crippen LogP contribution in [-0.4, -0.2) is 44.1 Å². The van der Waals surface area contributed by atoms with Gasteiger partial charge in [0.1, 0.15) is 5.75 Å². The third-order valence-corrected chi connectivity index (χ3v) is 5.15. The number of rotatable bonds is 3. The van der Waals surface area contributed by atoms with Gasteiger partial charge in [-0.25, -0.2) is 0 Å². The van der Waals surface area contributed by atoms with E-state index < -0.39 is 0 Å². The molecular weight excluding hydrogens is 336 g/mol. The van der Waals surface area contributed by atoms with Crippen molar-refractivity contribution in [2.45, 2.75) is 13.8 Å². The van der Waals surface area contributed by atoms with Gasteiger partial charge < -0.3 is 14.5 Å². The highest BCUT2D eigenvalue weighted by molar-refractivity contribution is 6.31. The summed E-state index contributed by atoms with van der Waals surface area (Å²) in [6, 6.07) is 11.7. The molecule has 2 aromatic rings. The summed E-state index contributed by atoms with van der Waals surface area (Å²) in [6.45, 7) is 6.90. The van der Waals surface area contributed by atoms with E-state index >= 15 is 0 Å². The summed E-state index contributed by atoms with van der Waals surface area (Å²) >= 11 is 6.20. The van der Waals surface area contributed by atoms with Crippen molar-refractivity contribution >= 4 is 23.2 Å². The standard InChI is InChI=1S/C20H23ClN2O2/c1-14-6-4-5-7-16(14)20(24)23-10-8-22(9-11-23)18-12-15(2)17(21)13-19(18)25-3/h4-7,12-13H,8-11H2,1-3H3. The molecule has 1 fully saturated rings. The van der Waals surface area contributed by atoms with Crippen LogP contribution in [0.3, 0.4) is 0 Å². The molecule has 0 radical (unpaired) electrons. The molecule has 0 atom stereocenters. The normalized spacial score (nSPS) is 14.6. The number of methoxy groups -OCH3 is 1. The van der Waals surface area contributed by atoms with Gasteiger partial charge >= 0.3 is 0 Å². The molecule has 5 heteroatoms. The van der Waals surface area contributed by atoms with E-state index in [2.05, 4.69) is 11.0 Å². The molecule has 1 aliphatic rings. The van der Waals surface area contributed by atoms with E-state index in [-0.39, 0.29) is 5.91 Å². The summed E-state index contributed by atoms with van der Waals surface area (Å²) in [5, 5.41) is 0.703. The van der Waals surface area contributed by atoms with E-state index in [4.69, 9.17) is 16.3 Å². The number of halogens is 1. The van der Waals surface area contributed by atoms with Crippen LogP contribution in [0.2, 0.25) is 5.02 Å². The van der Waals surface area contributed by atoms with Gasteiger partial charge in [-0.1, -0.05) is 29.8 Å². The molecule has 0 spiro atoms. The number of benzene rings is 2. The highest BCUT2D eigenvalue weighted by Gasteiger charge is 2.24. The van der Waals surface area contributed by atoms with Gasteiger partial charge in [-0.2, -0.15) is 0 Å². The zero-order chi connectivity index (χ0) is 18.0. The third kappa shape index (κ3) is 3.59. The van der Waals surface area contributed by atoms with Gasteiger partial charge in [-0.15, -0.1) is 0 Å². The van der Waals surface area contributed by atoms with Gasteiger partial charge in [0.15, 0.2) is 0 Å². The molecule has 0 saturated carbocycles. The minimum Gasteiger partial charge on any atom is -0.495 e. The topological polar surface area (TPSA) is 32.8 Å². The smallest absolute Gasteiger partial charge is 0.254 e. The number of aryl methyl sites for hydroxylation is 2. The zero-order valence-corrected chi connectivity index (χ0v) is 15.6. The van der Waals surface area contributed by atoms with Crippen molar-refractivity contribution in [2.75, 3.05) is 38.2 Å². The minimum absolute atomic E-state index is 0.108. The summed E-state index contributed by atoms with van der Waals surface area (Å²) in [5.74, 6) is 0.881. The van der Waals surface area contributed by atoms with Crippen molar-refractivity contribution in [3.8, 4) is 5.75 Å². The second-order valence-corrected chi connectivity index (χ2v) is 6.77. The SMILES string of the molecule is COc1cc(Cl)c(C)cc1N1CCN(C(=O)c2ccccc2C)CC1. The predicted molar refractivity (Wildman–Crippen MR) is 102 cm³/mol. The molecule has 4 nitrogen and oxygen atoms in total. The van der Waals surface area contributed by atoms with Crippen molar-refractivity contribution in [2.24, 2.45) is 0 Å². The largest absolute Gasteiger partial charge is 0.495 e. The molecule has 1 heterocycles. The van der Waals surface area contributed by atoms with Gasteiger partial charge in [0.25, 0.3) is 5.91 Å². The maximum atomic E-state index is 12.8. The minimum atomic E-state index is 0.108. The van der Waals surface area contributed by atoms with Gasteiger partial charge in [0, 0.05) is 42.8 Å². The Hall–Kier alpha value is -2.20. The van der Waals surface area contributed by atoms with Crippen LogP contribution in [0.15, 0.2) is 36.4 Å². The Kier molecular flexibility index (Phi) is 5.19. The number of amides is 1. The average Bonchev–Trinajstić information content (AvgIpc) is 2.63. The number of hydrogen-bond acceptors (Lipinski definition) is 3. The van der Waals surface area contributed by atoms with E-state index in [1.165, 1.54) is 0 Å². The number of nitrogens with zero attached hydrogens (tertiary/aromatic N) is 2. The van der Waals surface area contributed by atoms with E-state index in [0.717, 1.165) is 41.2 Å². The van der Waals surface area contributed by atoms with Gasteiger partial charge in [0.05, 0.1) is 12.8 Å². The quantitative estimate of drug-likeness (QED) is 0.833. The van der Waals surface area contributed by atoms with Crippen LogP contribution in [0.5, 0.6) is 5.75 Å². The molecule has 0 unspecified atom stereocenters. The van der Waals surface area contributed by atoms with E-state index in [1.54, 1.807) is 7.11 Å². The lowest BCUT2D eigenvalue weighted by Gasteiger charge is -2.37. The van der Waals surface area contributed by atoms with Crippen LogP contribution in [-0.2, 0) is 0 Å². The second kappa shape index (κ2) is 7.36. The molecular formula is C20H23ClN2O2. The molecule has 0 aliphatic carbocycles. The van der Waals surface area contributed by atoms with Crippen LogP contribution < -0.4 is 9.64 Å². The van der Waals surface area contributed by atoms with Crippen LogP contribution >= 0.6 is 11.6 Å². The molecule has 2 aromatic carbocycles. The molecule has 132 valence electrons. The van der Waals surface area contributed by atoms with Crippen LogP contribution in [0.25, 0.3) is 0 Å². The van der Waals surface area contributed by atoms with Crippen LogP contribution in [0.4, 0.5) is 5.69 Å². The van der Waals surface area contributed by atoms with Crippen molar-refractivity contribution < 1.29 is 9.53 Å². The number of ether oxygens (including phenoxy) is 1. The van der Waals surface area contributed by atoms with Crippen LogP contribution in [0, 0.1) is 13.8 Å². The van der Waals surface area contributed by atoms with Crippen molar-refractivity contribution in [3.05, 3.63) is 58.1 Å². The molecule has 0 bridgehead atoms. The van der Waals surface area contributed by atoms with Crippen molar-refractivity contribution in [1.29, 1.82) is 0 Å². The number of carbonyl (C=O) groups is 1. The Morgan fingerprint density at radius 2 is 1.72 bits per heavy atom. The Bertz CT molecular complexity index is 783. The molecule has 1 aliphatic heterocycles. The zero-order valence-electron chi connectivity index (χ0n) is 14.9. The monoisotopic (exact) mass is 358 g/mol. The first-order chi connectivity index (χ1) is 12.0. The highest BCUT2D eigenvalue weighted by Crippen LogP contribution is 2.34. The van der Waals surface area contributed by atoms with Gasteiger partial charge in [-0.3, -0.25) is 4.79 Å². The molecule has 3 rings (SSSR count). The first-order valence-corrected chi connectivity index (χ1v) is 8.83. The summed E-state index contributed by atoms with van der Waals surface area (Å²) in [6.07, 6.45) is 0. The maximum Gasteiger partial charge on any atom is 0.254 e. The van der Waals surface area contributed by atoms with E-state index in [0.29, 0.717) is 18.1 Å². The lowest BCUT2D eigenvalue weighted by Crippen LogP contribution is -2.49. The predicted octanol–water partition coefficient (Wildman–Crippen LogP) is 3.93. The number of carbonyl (C=O) groups excluding carboxylic acids is 1. The Morgan fingerprint density at radius 1 is 1.04 bits per heavy atom. The number of anilines is 1. The molecule has 0 aromatic heterocycles. The van der Waals surface area contributed by atoms with Crippen molar-refractivity contribution in [1.82, 2.24) is 4.90 Å². The Morgan fingerprint density at radius 3 is 2.36 bits per heavy atom. The molecule has 0 N–H and O–H groups in total. The van der Waals surface area contributed by atoms with Gasteiger partial charge in [0.2, 0.25) is 0 Å². The first-order valence-electron chi connectivity index (χ1n) is 8.45. The fourth-order valence-corrected chi connectivity index (χ4v) is 3.35. The number of piperazine rings is 1. The summed E-state index contributed by atoms with van der Waals surface area (Å²) in [5.41, 5.74) is 3.86. The Labute approximate surface area is 154 Å². The second-order valence-electron chi connectivity index (χ2n) is 6.37. The molecule has 1 saturated heterocycles. The summed E-state index contributed by atoms with van der Waals surface area (Å²) < 4.78 is 5.49. The highest BCUT2D eigenvalue weighted by atomic mass is 35.5. The summed E-state index contributed by atoms with van der Waals surface area (Å²) in [4.78, 5) is 16.9. The fourth-order valence-electron chi connectivity index (χ4n) is 3.19. The third-order valence-electron chi connectivity index (χ3n) is 4.74. The average molecular weight is 359 g/mol. The molecule has 1 amide bonds. The fraction of sp³-hybridized carbons (Fsp3) is 0.350. The maximum absolute atomic E-state index is 12.8. The lowest BCUT2D eigenvalue weighted by molar-refractivity contribution is 0.0746. The summed E-state index contributed by atoms with van der Waals surface area (Å²) in [7, 11) is 1.66. The number of hydrogen-bond donors (Lipinski definition) is 0. The lowest BCUT2D eigenvalue weighted by atomic mass is 10.1. The molecule has 25 heavy (non-hydrogen) atoms. The van der Waals surface area contributed by atoms with E-state index in [1.807, 2.05) is 49.1 Å². The van der Waals surface area contributed by atoms with Crippen LogP contribution in [0.1, 0.15) is 21.5 Å². The van der Waals surface area contributed by atoms with Gasteiger partial charge in [-0.05, 0) is 37.1 Å². The Balaban J connectivity index is 1.73.